The summed E-state index contributed by atoms with van der Waals surface area (Å²) < 4.78 is 24.1. The number of likely N-dealkylation sites (N-methyl/N-ethyl adjacent to an activating group) is 1. The number of hydrogen-bond acceptors (Lipinski definition) is 7. The molecule has 2 atom stereocenters. The van der Waals surface area contributed by atoms with Gasteiger partial charge in [-0.15, -0.1) is 0 Å². The number of benzene rings is 2. The summed E-state index contributed by atoms with van der Waals surface area (Å²) in [5.41, 5.74) is 1.27. The number of carbonyl (C=O) groups excluding carboxylic acids is 2. The standard InChI is InChI=1S/C25H27ClFN3O6/c1-30(23(33)11-10-17-8-5-9-20(27)24(17)26)18(12-19(32)14-31)15-35-25(34)28-22-13-21(36-29-22)16-6-3-2-4-7-16/h2-9,13,18-19,31-32H,10-12,14-15H2,1H3,(H,28,29,34)/t18-,19+/m0/s1. The van der Waals surface area contributed by atoms with Crippen LogP contribution in [0.25, 0.3) is 11.3 Å². The lowest BCUT2D eigenvalue weighted by Gasteiger charge is -2.29. The van der Waals surface area contributed by atoms with E-state index >= 15 is 0 Å². The second-order valence-corrected chi connectivity index (χ2v) is 8.49. The van der Waals surface area contributed by atoms with E-state index in [2.05, 4.69) is 10.5 Å². The smallest absolute Gasteiger partial charge is 0.412 e. The Morgan fingerprint density at radius 3 is 2.69 bits per heavy atom. The summed E-state index contributed by atoms with van der Waals surface area (Å²) in [4.78, 5) is 26.4. The van der Waals surface area contributed by atoms with Gasteiger partial charge in [-0.05, 0) is 24.5 Å². The number of rotatable bonds is 11. The minimum absolute atomic E-state index is 0.0127. The largest absolute Gasteiger partial charge is 0.447 e. The van der Waals surface area contributed by atoms with Crippen molar-refractivity contribution in [1.29, 1.82) is 0 Å². The van der Waals surface area contributed by atoms with Gasteiger partial charge in [0.15, 0.2) is 11.6 Å². The molecule has 2 aromatic carbocycles. The monoisotopic (exact) mass is 519 g/mol. The van der Waals surface area contributed by atoms with Gasteiger partial charge in [0.25, 0.3) is 0 Å². The SMILES string of the molecule is CN(C(=O)CCc1cccc(F)c1Cl)[C@H](COC(=O)Nc1cc(-c2ccccc2)on1)C[C@@H](O)CO. The molecule has 0 unspecified atom stereocenters. The van der Waals surface area contributed by atoms with E-state index in [9.17, 15) is 24.2 Å². The zero-order valence-corrected chi connectivity index (χ0v) is 20.3. The van der Waals surface area contributed by atoms with E-state index in [4.69, 9.17) is 20.9 Å². The van der Waals surface area contributed by atoms with E-state index < -0.39 is 30.7 Å². The van der Waals surface area contributed by atoms with Crippen LogP contribution in [-0.2, 0) is 16.0 Å². The molecular weight excluding hydrogens is 493 g/mol. The molecule has 0 fully saturated rings. The first kappa shape index (κ1) is 27.1. The van der Waals surface area contributed by atoms with Crippen molar-refractivity contribution in [1.82, 2.24) is 10.1 Å². The van der Waals surface area contributed by atoms with Gasteiger partial charge in [-0.1, -0.05) is 59.2 Å². The second kappa shape index (κ2) is 13.0. The Bertz CT molecular complexity index is 1160. The number of anilines is 1. The highest BCUT2D eigenvalue weighted by molar-refractivity contribution is 6.31. The van der Waals surface area contributed by atoms with Gasteiger partial charge in [0.05, 0.1) is 23.8 Å². The number of nitrogens with zero attached hydrogens (tertiary/aromatic N) is 2. The number of aliphatic hydroxyl groups excluding tert-OH is 2. The van der Waals surface area contributed by atoms with Gasteiger partial charge in [0.2, 0.25) is 5.91 Å². The summed E-state index contributed by atoms with van der Waals surface area (Å²) in [5.74, 6) is -0.305. The van der Waals surface area contributed by atoms with E-state index in [0.29, 0.717) is 11.3 Å². The molecule has 0 spiro atoms. The van der Waals surface area contributed by atoms with Gasteiger partial charge in [-0.3, -0.25) is 10.1 Å². The van der Waals surface area contributed by atoms with Crippen molar-refractivity contribution in [3.05, 3.63) is 71.0 Å². The van der Waals surface area contributed by atoms with Crippen LogP contribution in [0.15, 0.2) is 59.1 Å². The Morgan fingerprint density at radius 2 is 1.97 bits per heavy atom. The maximum atomic E-state index is 13.6. The Labute approximate surface area is 212 Å². The van der Waals surface area contributed by atoms with Crippen molar-refractivity contribution >= 4 is 29.4 Å². The van der Waals surface area contributed by atoms with Crippen LogP contribution >= 0.6 is 11.6 Å². The fourth-order valence-corrected chi connectivity index (χ4v) is 3.70. The molecule has 0 aliphatic rings. The Balaban J connectivity index is 1.57. The maximum absolute atomic E-state index is 13.6. The van der Waals surface area contributed by atoms with Crippen LogP contribution in [-0.4, -0.2) is 64.7 Å². The Morgan fingerprint density at radius 1 is 1.22 bits per heavy atom. The summed E-state index contributed by atoms with van der Waals surface area (Å²) in [6.07, 6.45) is -1.78. The predicted octanol–water partition coefficient (Wildman–Crippen LogP) is 3.89. The van der Waals surface area contributed by atoms with Crippen molar-refractivity contribution in [2.75, 3.05) is 25.6 Å². The first-order chi connectivity index (χ1) is 17.3. The molecular formula is C25H27ClFN3O6. The number of halogens is 2. The highest BCUT2D eigenvalue weighted by Crippen LogP contribution is 2.23. The molecule has 3 aromatic rings. The van der Waals surface area contributed by atoms with Gasteiger partial charge >= 0.3 is 6.09 Å². The highest BCUT2D eigenvalue weighted by Gasteiger charge is 2.25. The fourth-order valence-electron chi connectivity index (χ4n) is 3.47. The van der Waals surface area contributed by atoms with Crippen LogP contribution in [0.2, 0.25) is 5.02 Å². The summed E-state index contributed by atoms with van der Waals surface area (Å²) in [5, 5.41) is 25.4. The van der Waals surface area contributed by atoms with Crippen LogP contribution in [0.3, 0.4) is 0 Å². The third kappa shape index (κ3) is 7.51. The molecule has 192 valence electrons. The lowest BCUT2D eigenvalue weighted by Crippen LogP contribution is -2.43. The zero-order valence-electron chi connectivity index (χ0n) is 19.6. The normalized spacial score (nSPS) is 12.6. The first-order valence-corrected chi connectivity index (χ1v) is 11.6. The molecule has 1 heterocycles. The van der Waals surface area contributed by atoms with Crippen molar-refractivity contribution in [3.8, 4) is 11.3 Å². The van der Waals surface area contributed by atoms with Crippen LogP contribution in [0, 0.1) is 5.82 Å². The molecule has 3 rings (SSSR count). The zero-order chi connectivity index (χ0) is 26.1. The van der Waals surface area contributed by atoms with Crippen LogP contribution in [0.1, 0.15) is 18.4 Å². The van der Waals surface area contributed by atoms with Gasteiger partial charge in [0, 0.05) is 25.1 Å². The van der Waals surface area contributed by atoms with Crippen molar-refractivity contribution in [3.63, 3.8) is 0 Å². The van der Waals surface area contributed by atoms with Crippen molar-refractivity contribution in [2.45, 2.75) is 31.4 Å². The second-order valence-electron chi connectivity index (χ2n) is 8.11. The van der Waals surface area contributed by atoms with Crippen LogP contribution in [0.4, 0.5) is 15.0 Å². The van der Waals surface area contributed by atoms with Gasteiger partial charge < -0.3 is 24.4 Å². The van der Waals surface area contributed by atoms with Crippen molar-refractivity contribution < 1.29 is 33.5 Å². The maximum Gasteiger partial charge on any atom is 0.412 e. The number of ether oxygens (including phenoxy) is 1. The minimum atomic E-state index is -1.13. The molecule has 0 aliphatic heterocycles. The molecule has 1 aromatic heterocycles. The quantitative estimate of drug-likeness (QED) is 0.351. The predicted molar refractivity (Wildman–Crippen MR) is 131 cm³/mol. The Kier molecular flexibility index (Phi) is 9.80. The van der Waals surface area contributed by atoms with E-state index in [-0.39, 0.29) is 42.6 Å². The van der Waals surface area contributed by atoms with E-state index in [0.717, 1.165) is 5.56 Å². The molecule has 11 heteroatoms. The van der Waals surface area contributed by atoms with Gasteiger partial charge in [0.1, 0.15) is 12.4 Å². The Hall–Kier alpha value is -3.47. The number of nitrogens with one attached hydrogen (secondary N) is 1. The van der Waals surface area contributed by atoms with Gasteiger partial charge in [-0.2, -0.15) is 0 Å². The van der Waals surface area contributed by atoms with E-state index in [1.54, 1.807) is 6.07 Å². The summed E-state index contributed by atoms with van der Waals surface area (Å²) in [6, 6.07) is 14.4. The van der Waals surface area contributed by atoms with Crippen LogP contribution in [0.5, 0.6) is 0 Å². The molecule has 0 radical (unpaired) electrons. The number of aryl methyl sites for hydroxylation is 1. The molecule has 2 amide bonds. The third-order valence-electron chi connectivity index (χ3n) is 5.54. The number of aliphatic hydroxyl groups is 2. The summed E-state index contributed by atoms with van der Waals surface area (Å²) in [7, 11) is 1.50. The average molecular weight is 520 g/mol. The minimum Gasteiger partial charge on any atom is -0.447 e. The van der Waals surface area contributed by atoms with E-state index in [1.807, 2.05) is 30.3 Å². The summed E-state index contributed by atoms with van der Waals surface area (Å²) >= 11 is 5.96. The molecule has 0 aliphatic carbocycles. The van der Waals surface area contributed by atoms with E-state index in [1.165, 1.54) is 30.1 Å². The molecule has 0 saturated heterocycles. The molecule has 36 heavy (non-hydrogen) atoms. The van der Waals surface area contributed by atoms with Crippen molar-refractivity contribution in [2.24, 2.45) is 0 Å². The average Bonchev–Trinajstić information content (AvgIpc) is 3.35. The molecule has 9 nitrogen and oxygen atoms in total. The first-order valence-electron chi connectivity index (χ1n) is 11.2. The molecule has 0 bridgehead atoms. The lowest BCUT2D eigenvalue weighted by atomic mass is 10.1. The summed E-state index contributed by atoms with van der Waals surface area (Å²) in [6.45, 7) is -0.778. The fraction of sp³-hybridized carbons (Fsp3) is 0.320. The van der Waals surface area contributed by atoms with Crippen LogP contribution < -0.4 is 5.32 Å². The molecule has 3 N–H and O–H groups in total. The third-order valence-corrected chi connectivity index (χ3v) is 5.96. The molecule has 0 saturated carbocycles. The lowest BCUT2D eigenvalue weighted by molar-refractivity contribution is -0.133. The topological polar surface area (TPSA) is 125 Å². The number of carbonyl (C=O) groups is 2. The highest BCUT2D eigenvalue weighted by atomic mass is 35.5. The van der Waals surface area contributed by atoms with Gasteiger partial charge in [-0.25, -0.2) is 9.18 Å². The number of aromatic nitrogens is 1. The number of amides is 2. The number of hydrogen-bond donors (Lipinski definition) is 3.